The van der Waals surface area contributed by atoms with E-state index in [2.05, 4.69) is 5.32 Å². The number of hydrogen-bond acceptors (Lipinski definition) is 6. The van der Waals surface area contributed by atoms with Gasteiger partial charge in [0.25, 0.3) is 27.4 Å². The number of fused-ring (bicyclic) bond motifs is 1. The molecule has 1 aromatic carbocycles. The fourth-order valence-corrected chi connectivity index (χ4v) is 4.33. The monoisotopic (exact) mass is 433 g/mol. The number of rotatable bonds is 4. The Hall–Kier alpha value is -3.14. The molecule has 1 aromatic heterocycles. The zero-order valence-corrected chi connectivity index (χ0v) is 18.1. The van der Waals surface area contributed by atoms with Crippen LogP contribution in [0.25, 0.3) is 0 Å². The van der Waals surface area contributed by atoms with E-state index in [1.807, 2.05) is 18.6 Å². The van der Waals surface area contributed by atoms with Gasteiger partial charge in [0.15, 0.2) is 6.10 Å². The van der Waals surface area contributed by atoms with Crippen molar-refractivity contribution in [2.75, 3.05) is 5.32 Å². The Morgan fingerprint density at radius 2 is 1.87 bits per heavy atom. The zero-order valence-electron chi connectivity index (χ0n) is 17.3. The minimum atomic E-state index is -4.30. The van der Waals surface area contributed by atoms with Crippen LogP contribution in [0.3, 0.4) is 0 Å². The van der Waals surface area contributed by atoms with E-state index in [1.165, 1.54) is 36.7 Å². The number of amides is 2. The molecule has 0 saturated heterocycles. The number of pyridine rings is 1. The van der Waals surface area contributed by atoms with Crippen molar-refractivity contribution in [1.29, 1.82) is 0 Å². The van der Waals surface area contributed by atoms with Gasteiger partial charge in [-0.15, -0.1) is 0 Å². The Morgan fingerprint density at radius 1 is 1.20 bits per heavy atom. The maximum atomic E-state index is 12.9. The van der Waals surface area contributed by atoms with Crippen LogP contribution in [0.15, 0.2) is 34.0 Å². The van der Waals surface area contributed by atoms with Crippen LogP contribution in [-0.4, -0.2) is 30.9 Å². The van der Waals surface area contributed by atoms with Gasteiger partial charge in [0.1, 0.15) is 11.3 Å². The maximum absolute atomic E-state index is 12.9. The Labute approximate surface area is 174 Å². The third kappa shape index (κ3) is 3.82. The van der Waals surface area contributed by atoms with Gasteiger partial charge in [0.05, 0.1) is 10.6 Å². The van der Waals surface area contributed by atoms with Crippen molar-refractivity contribution < 1.29 is 22.7 Å². The quantitative estimate of drug-likeness (QED) is 0.753. The molecule has 1 unspecified atom stereocenters. The van der Waals surface area contributed by atoms with E-state index in [0.717, 1.165) is 0 Å². The van der Waals surface area contributed by atoms with Crippen molar-refractivity contribution in [3.8, 4) is 5.75 Å². The van der Waals surface area contributed by atoms with E-state index in [-0.39, 0.29) is 28.0 Å². The van der Waals surface area contributed by atoms with Gasteiger partial charge in [-0.25, -0.2) is 13.1 Å². The summed E-state index contributed by atoms with van der Waals surface area (Å²) in [6.07, 6.45) is -0.763. The third-order valence-electron chi connectivity index (χ3n) is 4.97. The molecule has 10 heteroatoms. The smallest absolute Gasteiger partial charge is 0.270 e. The second-order valence-corrected chi connectivity index (χ2v) is 9.22. The molecule has 30 heavy (non-hydrogen) atoms. The van der Waals surface area contributed by atoms with Gasteiger partial charge in [-0.2, -0.15) is 0 Å². The van der Waals surface area contributed by atoms with Gasteiger partial charge in [0, 0.05) is 18.8 Å². The molecule has 160 valence electrons. The highest BCUT2D eigenvalue weighted by atomic mass is 32.2. The van der Waals surface area contributed by atoms with Crippen LogP contribution >= 0.6 is 0 Å². The number of sulfonamides is 1. The van der Waals surface area contributed by atoms with Crippen LogP contribution in [0.1, 0.15) is 35.5 Å². The second-order valence-electron chi connectivity index (χ2n) is 7.57. The van der Waals surface area contributed by atoms with Crippen LogP contribution in [0, 0.1) is 19.8 Å². The second kappa shape index (κ2) is 7.60. The number of benzene rings is 1. The highest BCUT2D eigenvalue weighted by Gasteiger charge is 2.32. The van der Waals surface area contributed by atoms with E-state index in [4.69, 9.17) is 4.74 Å². The molecule has 2 amide bonds. The summed E-state index contributed by atoms with van der Waals surface area (Å²) in [6.45, 7) is 6.84. The minimum absolute atomic E-state index is 0.128. The van der Waals surface area contributed by atoms with Gasteiger partial charge < -0.3 is 14.6 Å². The molecule has 2 heterocycles. The lowest BCUT2D eigenvalue weighted by Crippen LogP contribution is -2.41. The summed E-state index contributed by atoms with van der Waals surface area (Å²) in [5.41, 5.74) is 0.398. The molecule has 0 fully saturated rings. The van der Waals surface area contributed by atoms with Crippen LogP contribution < -0.4 is 20.3 Å². The Morgan fingerprint density at radius 3 is 2.50 bits per heavy atom. The molecule has 1 aliphatic rings. The van der Waals surface area contributed by atoms with Crippen LogP contribution in [0.5, 0.6) is 5.75 Å². The highest BCUT2D eigenvalue weighted by molar-refractivity contribution is 7.90. The van der Waals surface area contributed by atoms with E-state index in [1.54, 1.807) is 13.0 Å². The Bertz CT molecular complexity index is 1210. The topological polar surface area (TPSA) is 124 Å². The summed E-state index contributed by atoms with van der Waals surface area (Å²) in [5.74, 6) is -1.27. The summed E-state index contributed by atoms with van der Waals surface area (Å²) in [5, 5.41) is 2.71. The summed E-state index contributed by atoms with van der Waals surface area (Å²) >= 11 is 0. The lowest BCUT2D eigenvalue weighted by atomic mass is 10.0. The van der Waals surface area contributed by atoms with Crippen molar-refractivity contribution >= 4 is 27.5 Å². The first-order valence-electron chi connectivity index (χ1n) is 9.28. The SMILES string of the molecule is Cc1cc2c(cc1S(=O)(=O)NC(=O)c1ccc(C)n(C)c1=O)OC(C(C)C)C(=O)N2. The minimum Gasteiger partial charge on any atom is -0.478 e. The predicted molar refractivity (Wildman–Crippen MR) is 110 cm³/mol. The molecule has 0 radical (unpaired) electrons. The Balaban J connectivity index is 1.97. The average Bonchev–Trinajstić information content (AvgIpc) is 2.64. The lowest BCUT2D eigenvalue weighted by molar-refractivity contribution is -0.125. The molecular weight excluding hydrogens is 410 g/mol. The average molecular weight is 433 g/mol. The van der Waals surface area contributed by atoms with Gasteiger partial charge in [0.2, 0.25) is 0 Å². The van der Waals surface area contributed by atoms with Crippen molar-refractivity contribution in [2.45, 2.75) is 38.7 Å². The third-order valence-corrected chi connectivity index (χ3v) is 6.44. The molecule has 2 aromatic rings. The summed E-state index contributed by atoms with van der Waals surface area (Å²) in [6, 6.07) is 5.57. The standard InChI is InChI=1S/C20H23N3O6S/c1-10(2)17-19(25)21-14-8-11(3)16(9-15(14)29-17)30(27,28)22-18(24)13-7-6-12(4)23(5)20(13)26/h6-10,17H,1-5H3,(H,21,25)(H,22,24). The van der Waals surface area contributed by atoms with Gasteiger partial charge in [-0.05, 0) is 43.5 Å². The first kappa shape index (κ1) is 21.6. The van der Waals surface area contributed by atoms with Crippen LogP contribution in [0.2, 0.25) is 0 Å². The van der Waals surface area contributed by atoms with Crippen molar-refractivity contribution in [2.24, 2.45) is 13.0 Å². The molecule has 3 rings (SSSR count). The molecule has 9 nitrogen and oxygen atoms in total. The molecule has 1 aliphatic heterocycles. The first-order chi connectivity index (χ1) is 13.9. The Kier molecular flexibility index (Phi) is 5.46. The molecule has 2 N–H and O–H groups in total. The first-order valence-corrected chi connectivity index (χ1v) is 10.8. The number of aromatic nitrogens is 1. The van der Waals surface area contributed by atoms with Crippen molar-refractivity contribution in [3.05, 3.63) is 51.4 Å². The van der Waals surface area contributed by atoms with E-state index in [0.29, 0.717) is 16.9 Å². The number of aryl methyl sites for hydroxylation is 2. The summed E-state index contributed by atoms with van der Waals surface area (Å²) in [7, 11) is -2.81. The van der Waals surface area contributed by atoms with Crippen molar-refractivity contribution in [3.63, 3.8) is 0 Å². The van der Waals surface area contributed by atoms with Crippen molar-refractivity contribution in [1.82, 2.24) is 9.29 Å². The normalized spacial score (nSPS) is 15.9. The number of hydrogen-bond donors (Lipinski definition) is 2. The van der Waals surface area contributed by atoms with Gasteiger partial charge >= 0.3 is 0 Å². The zero-order chi connectivity index (χ0) is 22.4. The van der Waals surface area contributed by atoms with E-state index < -0.39 is 27.6 Å². The molecule has 0 saturated carbocycles. The summed E-state index contributed by atoms with van der Waals surface area (Å²) < 4.78 is 34.7. The lowest BCUT2D eigenvalue weighted by Gasteiger charge is -2.29. The van der Waals surface area contributed by atoms with Crippen LogP contribution in [0.4, 0.5) is 5.69 Å². The number of ether oxygens (including phenoxy) is 1. The van der Waals surface area contributed by atoms with E-state index >= 15 is 0 Å². The van der Waals surface area contributed by atoms with Gasteiger partial charge in [-0.1, -0.05) is 13.8 Å². The fourth-order valence-electron chi connectivity index (χ4n) is 3.12. The highest BCUT2D eigenvalue weighted by Crippen LogP contribution is 2.35. The maximum Gasteiger partial charge on any atom is 0.270 e. The van der Waals surface area contributed by atoms with Gasteiger partial charge in [-0.3, -0.25) is 14.4 Å². The number of carbonyl (C=O) groups is 2. The summed E-state index contributed by atoms with van der Waals surface area (Å²) in [4.78, 5) is 36.8. The van der Waals surface area contributed by atoms with E-state index in [9.17, 15) is 22.8 Å². The van der Waals surface area contributed by atoms with Crippen LogP contribution in [-0.2, 0) is 21.9 Å². The predicted octanol–water partition coefficient (Wildman–Crippen LogP) is 1.48. The molecule has 0 aliphatic carbocycles. The molecular formula is C20H23N3O6S. The largest absolute Gasteiger partial charge is 0.478 e. The number of nitrogens with one attached hydrogen (secondary N) is 2. The molecule has 0 spiro atoms. The molecule has 1 atom stereocenters. The number of anilines is 1. The number of nitrogens with zero attached hydrogens (tertiary/aromatic N) is 1. The number of carbonyl (C=O) groups excluding carboxylic acids is 2. The fraction of sp³-hybridized carbons (Fsp3) is 0.350. The molecule has 0 bridgehead atoms.